The van der Waals surface area contributed by atoms with Gasteiger partial charge in [0.05, 0.1) is 59.3 Å². The number of hydrogen-bond acceptors (Lipinski definition) is 9. The highest BCUT2D eigenvalue weighted by Crippen LogP contribution is 2.43. The van der Waals surface area contributed by atoms with Crippen LogP contribution < -0.4 is 19.5 Å². The van der Waals surface area contributed by atoms with E-state index >= 15 is 0 Å². The molecule has 3 heterocycles. The van der Waals surface area contributed by atoms with E-state index in [2.05, 4.69) is 17.4 Å². The molecule has 0 aromatic heterocycles. The number of benzene rings is 3. The van der Waals surface area contributed by atoms with Gasteiger partial charge in [0, 0.05) is 43.4 Å². The predicted molar refractivity (Wildman–Crippen MR) is 200 cm³/mol. The van der Waals surface area contributed by atoms with Crippen LogP contribution in [-0.2, 0) is 16.9 Å². The molecule has 52 heavy (non-hydrogen) atoms. The first-order valence-corrected chi connectivity index (χ1v) is 19.3. The number of aromatic hydroxyl groups is 1. The molecule has 4 aliphatic rings. The molecule has 10 nitrogen and oxygen atoms in total. The number of piperidine rings is 3. The molecule has 1 aliphatic carbocycles. The molecule has 3 atom stereocenters. The first-order chi connectivity index (χ1) is 25.3. The highest BCUT2D eigenvalue weighted by molar-refractivity contribution is 5.45. The number of quaternary nitrogens is 1. The van der Waals surface area contributed by atoms with Gasteiger partial charge in [-0.1, -0.05) is 49.2 Å². The maximum atomic E-state index is 12.0. The molecule has 2 bridgehead atoms. The normalized spacial score (nSPS) is 23.3. The number of ether oxygens (including phenoxy) is 4. The molecule has 0 amide bonds. The fraction of sp³-hybridized carbons (Fsp3) is 0.571. The standard InChI is InChI=1S/C42H58N2O8/c1-49-40-26-36(14-16-39(40)51-23-7-19-43-27-38(47)32-13-15-37(46)33(25-32)29-45)50-24-8-20-44-21-17-31(18-22-44)41(28-44)52-30-42(48,35-11-5-6-12-35)34-9-3-2-4-10-34/h2-4,9-10,13-16,25-26,31,35,38,41,43,45,47-48H,5-8,11-12,17-24,27-30H2,1H3/p+1/t31?,38-,41-,42+,44?/m0/s1. The zero-order valence-corrected chi connectivity index (χ0v) is 30.8. The average molecular weight is 720 g/mol. The van der Waals surface area contributed by atoms with E-state index in [1.165, 1.54) is 44.8 Å². The van der Waals surface area contributed by atoms with Gasteiger partial charge >= 0.3 is 0 Å². The predicted octanol–water partition coefficient (Wildman–Crippen LogP) is 5.46. The summed E-state index contributed by atoms with van der Waals surface area (Å²) in [5, 5.41) is 44.8. The molecule has 0 unspecified atom stereocenters. The second kappa shape index (κ2) is 18.1. The van der Waals surface area contributed by atoms with Gasteiger partial charge in [-0.05, 0) is 67.1 Å². The fourth-order valence-electron chi connectivity index (χ4n) is 8.65. The van der Waals surface area contributed by atoms with Crippen LogP contribution in [0.4, 0.5) is 0 Å². The van der Waals surface area contributed by atoms with E-state index < -0.39 is 11.7 Å². The maximum absolute atomic E-state index is 12.0. The van der Waals surface area contributed by atoms with Crippen molar-refractivity contribution in [2.45, 2.75) is 75.8 Å². The third-order valence-electron chi connectivity index (χ3n) is 11.8. The lowest BCUT2D eigenvalue weighted by atomic mass is 9.80. The second-order valence-corrected chi connectivity index (χ2v) is 15.1. The van der Waals surface area contributed by atoms with E-state index in [1.54, 1.807) is 19.2 Å². The highest BCUT2D eigenvalue weighted by atomic mass is 16.5. The molecule has 3 saturated heterocycles. The molecule has 0 radical (unpaired) electrons. The Bertz CT molecular complexity index is 1540. The smallest absolute Gasteiger partial charge is 0.164 e. The summed E-state index contributed by atoms with van der Waals surface area (Å²) in [5.41, 5.74) is 1.10. The van der Waals surface area contributed by atoms with E-state index in [0.29, 0.717) is 61.5 Å². The van der Waals surface area contributed by atoms with Crippen molar-refractivity contribution in [2.75, 3.05) is 66.2 Å². The molecule has 0 spiro atoms. The first kappa shape index (κ1) is 38.3. The second-order valence-electron chi connectivity index (χ2n) is 15.1. The summed E-state index contributed by atoms with van der Waals surface area (Å²) < 4.78 is 25.6. The Labute approximate surface area is 308 Å². The zero-order chi connectivity index (χ0) is 36.4. The molecule has 3 aliphatic heterocycles. The Balaban J connectivity index is 0.914. The van der Waals surface area contributed by atoms with Crippen molar-refractivity contribution >= 4 is 0 Å². The van der Waals surface area contributed by atoms with Crippen molar-refractivity contribution in [3.8, 4) is 23.0 Å². The maximum Gasteiger partial charge on any atom is 0.164 e. The molecule has 10 heteroatoms. The van der Waals surface area contributed by atoms with Crippen LogP contribution in [0, 0.1) is 11.8 Å². The monoisotopic (exact) mass is 719 g/mol. The lowest BCUT2D eigenvalue weighted by Gasteiger charge is -2.53. The topological polar surface area (TPSA) is 130 Å². The number of rotatable bonds is 20. The van der Waals surface area contributed by atoms with Gasteiger partial charge in [0.2, 0.25) is 0 Å². The SMILES string of the molecule is COc1cc(OCCC[N+]23CCC(CC2)[C@@H](OC[C@@](O)(c2ccccc2)C2CCCC2)C3)ccc1OCCCNC[C@H](O)c1ccc(O)c(CO)c1. The molecular weight excluding hydrogens is 660 g/mol. The van der Waals surface area contributed by atoms with Gasteiger partial charge in [0.25, 0.3) is 0 Å². The quantitative estimate of drug-likeness (QED) is 0.0764. The van der Waals surface area contributed by atoms with E-state index in [-0.39, 0.29) is 24.4 Å². The van der Waals surface area contributed by atoms with Crippen LogP contribution in [0.5, 0.6) is 23.0 Å². The van der Waals surface area contributed by atoms with Gasteiger partial charge in [0.1, 0.15) is 29.7 Å². The largest absolute Gasteiger partial charge is 0.508 e. The van der Waals surface area contributed by atoms with E-state index in [4.69, 9.17) is 18.9 Å². The summed E-state index contributed by atoms with van der Waals surface area (Å²) in [5.74, 6) is 2.89. The average Bonchev–Trinajstić information content (AvgIpc) is 3.74. The number of nitrogens with one attached hydrogen (secondary N) is 1. The van der Waals surface area contributed by atoms with Gasteiger partial charge in [-0.15, -0.1) is 0 Å². The summed E-state index contributed by atoms with van der Waals surface area (Å²) >= 11 is 0. The summed E-state index contributed by atoms with van der Waals surface area (Å²) in [6.07, 6.45) is 7.97. The Morgan fingerprint density at radius 1 is 0.904 bits per heavy atom. The molecule has 3 aromatic rings. The van der Waals surface area contributed by atoms with Gasteiger partial charge < -0.3 is 49.2 Å². The molecule has 3 aromatic carbocycles. The third kappa shape index (κ3) is 9.40. The van der Waals surface area contributed by atoms with Crippen LogP contribution in [0.2, 0.25) is 0 Å². The molecular formula is C42H59N2O8+. The third-order valence-corrected chi connectivity index (χ3v) is 11.8. The number of phenols is 1. The van der Waals surface area contributed by atoms with Crippen molar-refractivity contribution in [1.29, 1.82) is 0 Å². The number of nitrogens with zero attached hydrogens (tertiary/aromatic N) is 1. The minimum absolute atomic E-state index is 0.0174. The van der Waals surface area contributed by atoms with Crippen molar-refractivity contribution in [3.63, 3.8) is 0 Å². The summed E-state index contributed by atoms with van der Waals surface area (Å²) in [4.78, 5) is 0. The Hall–Kier alpha value is -3.38. The Morgan fingerprint density at radius 3 is 2.42 bits per heavy atom. The molecule has 284 valence electrons. The van der Waals surface area contributed by atoms with Crippen LogP contribution >= 0.6 is 0 Å². The minimum Gasteiger partial charge on any atom is -0.508 e. The lowest BCUT2D eigenvalue weighted by molar-refractivity contribution is -0.946. The number of aliphatic hydroxyl groups excluding tert-OH is 2. The molecule has 4 fully saturated rings. The Morgan fingerprint density at radius 2 is 1.67 bits per heavy atom. The first-order valence-electron chi connectivity index (χ1n) is 19.3. The fourth-order valence-corrected chi connectivity index (χ4v) is 8.65. The number of aliphatic hydroxyl groups is 3. The number of methoxy groups -OCH3 is 1. The lowest BCUT2D eigenvalue weighted by Crippen LogP contribution is -2.65. The van der Waals surface area contributed by atoms with Gasteiger partial charge in [-0.3, -0.25) is 0 Å². The van der Waals surface area contributed by atoms with Crippen LogP contribution in [0.15, 0.2) is 66.7 Å². The van der Waals surface area contributed by atoms with Crippen molar-refractivity contribution in [1.82, 2.24) is 5.32 Å². The molecule has 5 N–H and O–H groups in total. The van der Waals surface area contributed by atoms with Crippen molar-refractivity contribution < 1.29 is 43.9 Å². The van der Waals surface area contributed by atoms with E-state index in [9.17, 15) is 20.4 Å². The summed E-state index contributed by atoms with van der Waals surface area (Å²) in [6, 6.07) is 20.6. The van der Waals surface area contributed by atoms with E-state index in [0.717, 1.165) is 54.6 Å². The van der Waals surface area contributed by atoms with Crippen molar-refractivity contribution in [2.24, 2.45) is 11.8 Å². The zero-order valence-electron chi connectivity index (χ0n) is 30.8. The number of hydrogen-bond donors (Lipinski definition) is 5. The van der Waals surface area contributed by atoms with Crippen LogP contribution in [0.3, 0.4) is 0 Å². The van der Waals surface area contributed by atoms with Crippen LogP contribution in [0.25, 0.3) is 0 Å². The number of fused-ring (bicyclic) bond motifs is 3. The van der Waals surface area contributed by atoms with Crippen LogP contribution in [-0.4, -0.2) is 97.2 Å². The highest BCUT2D eigenvalue weighted by Gasteiger charge is 2.48. The van der Waals surface area contributed by atoms with Gasteiger partial charge in [0.15, 0.2) is 11.5 Å². The van der Waals surface area contributed by atoms with Gasteiger partial charge in [-0.2, -0.15) is 0 Å². The van der Waals surface area contributed by atoms with Gasteiger partial charge in [-0.25, -0.2) is 0 Å². The molecule has 7 rings (SSSR count). The minimum atomic E-state index is -0.922. The molecule has 1 saturated carbocycles. The summed E-state index contributed by atoms with van der Waals surface area (Å²) in [6.45, 7) is 6.64. The van der Waals surface area contributed by atoms with Crippen molar-refractivity contribution in [3.05, 3.63) is 83.4 Å². The van der Waals surface area contributed by atoms with Crippen LogP contribution in [0.1, 0.15) is 74.2 Å². The van der Waals surface area contributed by atoms with E-state index in [1.807, 2.05) is 36.4 Å². The summed E-state index contributed by atoms with van der Waals surface area (Å²) in [7, 11) is 1.63. The Kier molecular flexibility index (Phi) is 13.3.